The molecule has 1 fully saturated rings. The number of nitrogens with zero attached hydrogens (tertiary/aromatic N) is 6. The van der Waals surface area contributed by atoms with E-state index in [0.29, 0.717) is 30.0 Å². The summed E-state index contributed by atoms with van der Waals surface area (Å²) in [6, 6.07) is 10.8. The zero-order valence-electron chi connectivity index (χ0n) is 19.0. The van der Waals surface area contributed by atoms with Gasteiger partial charge in [-0.15, -0.1) is 0 Å². The molecule has 0 spiro atoms. The van der Waals surface area contributed by atoms with Gasteiger partial charge in [-0.1, -0.05) is 18.2 Å². The van der Waals surface area contributed by atoms with Crippen LogP contribution in [0.5, 0.6) is 0 Å². The van der Waals surface area contributed by atoms with Crippen LogP contribution in [0.25, 0.3) is 16.7 Å². The minimum Gasteiger partial charge on any atom is -0.352 e. The Morgan fingerprint density at radius 2 is 1.85 bits per heavy atom. The summed E-state index contributed by atoms with van der Waals surface area (Å²) < 4.78 is 3.52. The minimum atomic E-state index is -0.769. The molecule has 0 saturated carbocycles. The van der Waals surface area contributed by atoms with Gasteiger partial charge in [0.15, 0.2) is 5.65 Å². The van der Waals surface area contributed by atoms with Gasteiger partial charge >= 0.3 is 0 Å². The lowest BCUT2D eigenvalue weighted by atomic mass is 9.99. The number of carbonyl (C=O) groups is 2. The van der Waals surface area contributed by atoms with Crippen molar-refractivity contribution >= 4 is 22.8 Å². The van der Waals surface area contributed by atoms with Crippen molar-refractivity contribution in [2.45, 2.75) is 26.8 Å². The first-order valence-corrected chi connectivity index (χ1v) is 10.9. The maximum absolute atomic E-state index is 13.6. The highest BCUT2D eigenvalue weighted by Crippen LogP contribution is 2.31. The molecular formula is C24H25N7O2. The van der Waals surface area contributed by atoms with Crippen LogP contribution in [0.3, 0.4) is 0 Å². The van der Waals surface area contributed by atoms with Gasteiger partial charge in [0.1, 0.15) is 6.04 Å². The first-order chi connectivity index (χ1) is 15.9. The summed E-state index contributed by atoms with van der Waals surface area (Å²) in [7, 11) is 1.82. The lowest BCUT2D eigenvalue weighted by Crippen LogP contribution is -2.52. The van der Waals surface area contributed by atoms with E-state index in [9.17, 15) is 9.59 Å². The molecule has 9 heteroatoms. The van der Waals surface area contributed by atoms with Crippen LogP contribution in [0.15, 0.2) is 42.6 Å². The second-order valence-electron chi connectivity index (χ2n) is 8.33. The Morgan fingerprint density at radius 3 is 2.61 bits per heavy atom. The second kappa shape index (κ2) is 7.84. The monoisotopic (exact) mass is 443 g/mol. The van der Waals surface area contributed by atoms with E-state index in [1.807, 2.05) is 68.9 Å². The molecule has 0 bridgehead atoms. The van der Waals surface area contributed by atoms with E-state index in [0.717, 1.165) is 28.0 Å². The van der Waals surface area contributed by atoms with Crippen LogP contribution in [0.1, 0.15) is 39.0 Å². The molecule has 3 aromatic heterocycles. The molecule has 1 aliphatic heterocycles. The predicted molar refractivity (Wildman–Crippen MR) is 123 cm³/mol. The zero-order chi connectivity index (χ0) is 23.3. The Morgan fingerprint density at radius 1 is 1.09 bits per heavy atom. The summed E-state index contributed by atoms with van der Waals surface area (Å²) in [6.07, 6.45) is 1.56. The molecule has 5 rings (SSSR count). The quantitative estimate of drug-likeness (QED) is 0.524. The molecule has 0 radical (unpaired) electrons. The minimum absolute atomic E-state index is 0.208. The molecule has 33 heavy (non-hydrogen) atoms. The molecule has 1 unspecified atom stereocenters. The van der Waals surface area contributed by atoms with Crippen molar-refractivity contribution in [3.05, 3.63) is 70.8 Å². The van der Waals surface area contributed by atoms with Crippen LogP contribution < -0.4 is 5.32 Å². The Balaban J connectivity index is 1.57. The van der Waals surface area contributed by atoms with Crippen LogP contribution in [0, 0.1) is 20.8 Å². The summed E-state index contributed by atoms with van der Waals surface area (Å²) in [5.41, 5.74) is 5.15. The summed E-state index contributed by atoms with van der Waals surface area (Å²) >= 11 is 0. The third-order valence-corrected chi connectivity index (χ3v) is 6.20. The average molecular weight is 444 g/mol. The molecule has 2 amide bonds. The predicted octanol–water partition coefficient (Wildman–Crippen LogP) is 2.39. The smallest absolute Gasteiger partial charge is 0.256 e. The third kappa shape index (κ3) is 3.36. The van der Waals surface area contributed by atoms with Crippen molar-refractivity contribution < 1.29 is 9.59 Å². The van der Waals surface area contributed by atoms with Gasteiger partial charge in [0, 0.05) is 43.0 Å². The van der Waals surface area contributed by atoms with Crippen molar-refractivity contribution in [3.8, 4) is 5.69 Å². The van der Waals surface area contributed by atoms with E-state index in [1.165, 1.54) is 0 Å². The number of benzene rings is 1. The van der Waals surface area contributed by atoms with Gasteiger partial charge in [-0.2, -0.15) is 10.2 Å². The number of pyridine rings is 1. The maximum atomic E-state index is 13.6. The number of amides is 2. The van der Waals surface area contributed by atoms with Crippen molar-refractivity contribution in [2.75, 3.05) is 13.1 Å². The fourth-order valence-corrected chi connectivity index (χ4v) is 4.63. The highest BCUT2D eigenvalue weighted by Gasteiger charge is 2.38. The third-order valence-electron chi connectivity index (χ3n) is 6.20. The van der Waals surface area contributed by atoms with E-state index >= 15 is 0 Å². The first kappa shape index (κ1) is 20.9. The maximum Gasteiger partial charge on any atom is 0.256 e. The fraction of sp³-hybridized carbons (Fsp3) is 0.292. The molecule has 168 valence electrons. The number of hydrogen-bond donors (Lipinski definition) is 1. The van der Waals surface area contributed by atoms with E-state index < -0.39 is 6.04 Å². The van der Waals surface area contributed by atoms with E-state index in [4.69, 9.17) is 0 Å². The fourth-order valence-electron chi connectivity index (χ4n) is 4.63. The van der Waals surface area contributed by atoms with Crippen LogP contribution in [0.4, 0.5) is 0 Å². The first-order valence-electron chi connectivity index (χ1n) is 10.9. The molecular weight excluding hydrogens is 418 g/mol. The Bertz CT molecular complexity index is 1390. The van der Waals surface area contributed by atoms with Crippen LogP contribution in [-0.2, 0) is 11.8 Å². The van der Waals surface area contributed by atoms with Gasteiger partial charge in [-0.05, 0) is 39.0 Å². The number of aryl methyl sites for hydroxylation is 3. The van der Waals surface area contributed by atoms with E-state index in [1.54, 1.807) is 15.8 Å². The van der Waals surface area contributed by atoms with Crippen LogP contribution in [-0.4, -0.2) is 54.3 Å². The van der Waals surface area contributed by atoms with Gasteiger partial charge in [-0.25, -0.2) is 9.67 Å². The van der Waals surface area contributed by atoms with Gasteiger partial charge < -0.3 is 10.2 Å². The summed E-state index contributed by atoms with van der Waals surface area (Å²) in [5, 5.41) is 12.8. The SMILES string of the molecule is Cc1nn(-c2ccccc2)c(C)c1C1C(=O)NCCN1C(=O)c1cnc2c(c1)c(C)nn2C. The number of nitrogens with one attached hydrogen (secondary N) is 1. The molecule has 1 aliphatic rings. The molecule has 1 saturated heterocycles. The molecule has 0 aliphatic carbocycles. The highest BCUT2D eigenvalue weighted by atomic mass is 16.2. The lowest BCUT2D eigenvalue weighted by molar-refractivity contribution is -0.128. The van der Waals surface area contributed by atoms with Gasteiger partial charge in [0.05, 0.1) is 22.6 Å². The topological polar surface area (TPSA) is 97.9 Å². The van der Waals surface area contributed by atoms with Crippen molar-refractivity contribution in [3.63, 3.8) is 0 Å². The van der Waals surface area contributed by atoms with Gasteiger partial charge in [0.2, 0.25) is 5.91 Å². The molecule has 1 atom stereocenters. The standard InChI is InChI=1S/C24H25N7O2/c1-14-19-12-17(13-26-22(19)29(4)27-14)24(33)30-11-10-25-23(32)21(30)20-15(2)28-31(16(20)3)18-8-6-5-7-9-18/h5-9,12-13,21H,10-11H2,1-4H3,(H,25,32). The number of hydrogen-bond acceptors (Lipinski definition) is 5. The molecule has 4 aromatic rings. The highest BCUT2D eigenvalue weighted by molar-refractivity contribution is 6.00. The summed E-state index contributed by atoms with van der Waals surface area (Å²) in [5.74, 6) is -0.446. The Kier molecular flexibility index (Phi) is 4.96. The lowest BCUT2D eigenvalue weighted by Gasteiger charge is -2.35. The van der Waals surface area contributed by atoms with Crippen molar-refractivity contribution in [1.82, 2.24) is 34.8 Å². The summed E-state index contributed by atoms with van der Waals surface area (Å²) in [6.45, 7) is 6.49. The largest absolute Gasteiger partial charge is 0.352 e. The number of fused-ring (bicyclic) bond motifs is 1. The number of para-hydroxylation sites is 1. The van der Waals surface area contributed by atoms with Crippen molar-refractivity contribution in [1.29, 1.82) is 0 Å². The number of rotatable bonds is 3. The second-order valence-corrected chi connectivity index (χ2v) is 8.33. The molecule has 1 aromatic carbocycles. The Labute approximate surface area is 191 Å². The number of aromatic nitrogens is 5. The molecule has 1 N–H and O–H groups in total. The van der Waals surface area contributed by atoms with Gasteiger partial charge in [0.25, 0.3) is 5.91 Å². The zero-order valence-corrected chi connectivity index (χ0v) is 19.0. The summed E-state index contributed by atoms with van der Waals surface area (Å²) in [4.78, 5) is 32.8. The van der Waals surface area contributed by atoms with Crippen LogP contribution >= 0.6 is 0 Å². The average Bonchev–Trinajstić information content (AvgIpc) is 3.27. The normalized spacial score (nSPS) is 16.3. The molecule has 4 heterocycles. The van der Waals surface area contributed by atoms with Crippen molar-refractivity contribution in [2.24, 2.45) is 7.05 Å². The number of piperazine rings is 1. The van der Waals surface area contributed by atoms with E-state index in [-0.39, 0.29) is 11.8 Å². The Hall–Kier alpha value is -4.01. The van der Waals surface area contributed by atoms with E-state index in [2.05, 4.69) is 20.5 Å². The number of carbonyl (C=O) groups excluding carboxylic acids is 2. The van der Waals surface area contributed by atoms with Crippen LogP contribution in [0.2, 0.25) is 0 Å². The molecule has 9 nitrogen and oxygen atoms in total. The van der Waals surface area contributed by atoms with Gasteiger partial charge in [-0.3, -0.25) is 14.3 Å².